The first-order valence-electron chi connectivity index (χ1n) is 5.76. The van der Waals surface area contributed by atoms with E-state index >= 15 is 0 Å². The van der Waals surface area contributed by atoms with Gasteiger partial charge in [-0.25, -0.2) is 9.97 Å². The van der Waals surface area contributed by atoms with E-state index in [9.17, 15) is 4.79 Å². The zero-order valence-electron chi connectivity index (χ0n) is 10.6. The number of hydrogen-bond acceptors (Lipinski definition) is 5. The van der Waals surface area contributed by atoms with Gasteiger partial charge in [0.05, 0.1) is 7.11 Å². The van der Waals surface area contributed by atoms with E-state index in [-0.39, 0.29) is 5.78 Å². The predicted molar refractivity (Wildman–Crippen MR) is 65.3 cm³/mol. The lowest BCUT2D eigenvalue weighted by atomic mass is 10.1. The summed E-state index contributed by atoms with van der Waals surface area (Å²) < 4.78 is 5.00. The molecule has 17 heavy (non-hydrogen) atoms. The van der Waals surface area contributed by atoms with Crippen LogP contribution in [0.1, 0.15) is 37.2 Å². The van der Waals surface area contributed by atoms with Gasteiger partial charge < -0.3 is 10.1 Å². The molecule has 0 fully saturated rings. The van der Waals surface area contributed by atoms with Crippen molar-refractivity contribution in [1.82, 2.24) is 15.3 Å². The maximum atomic E-state index is 11.9. The van der Waals surface area contributed by atoms with Crippen LogP contribution in [0.4, 0.5) is 0 Å². The van der Waals surface area contributed by atoms with Gasteiger partial charge in [0.1, 0.15) is 0 Å². The molecule has 0 aliphatic carbocycles. The third kappa shape index (κ3) is 4.48. The highest BCUT2D eigenvalue weighted by Crippen LogP contribution is 2.13. The highest BCUT2D eigenvalue weighted by molar-refractivity contribution is 5.96. The zero-order valence-corrected chi connectivity index (χ0v) is 10.6. The Labute approximate surface area is 102 Å². The van der Waals surface area contributed by atoms with Crippen molar-refractivity contribution in [2.75, 3.05) is 13.7 Å². The second-order valence-electron chi connectivity index (χ2n) is 4.05. The Morgan fingerprint density at radius 1 is 1.41 bits per heavy atom. The molecule has 0 aromatic carbocycles. The molecule has 1 rings (SSSR count). The smallest absolute Gasteiger partial charge is 0.243 e. The minimum absolute atomic E-state index is 0.0273. The second-order valence-corrected chi connectivity index (χ2v) is 4.05. The standard InChI is InChI=1S/C12H19N3O2/c1-9(2)13-6-4-5-10(16)11-12(17-3)15-8-7-14-11/h7-9,13H,4-6H2,1-3H3. The summed E-state index contributed by atoms with van der Waals surface area (Å²) in [6.45, 7) is 4.98. The zero-order chi connectivity index (χ0) is 12.7. The average Bonchev–Trinajstić information content (AvgIpc) is 2.34. The summed E-state index contributed by atoms with van der Waals surface area (Å²) in [6.07, 6.45) is 4.25. The van der Waals surface area contributed by atoms with E-state index in [0.29, 0.717) is 24.0 Å². The normalized spacial score (nSPS) is 10.6. The molecule has 0 amide bonds. The van der Waals surface area contributed by atoms with Crippen LogP contribution in [0.2, 0.25) is 0 Å². The van der Waals surface area contributed by atoms with E-state index in [1.807, 2.05) is 0 Å². The first-order valence-corrected chi connectivity index (χ1v) is 5.76. The van der Waals surface area contributed by atoms with Gasteiger partial charge in [-0.15, -0.1) is 0 Å². The number of aromatic nitrogens is 2. The van der Waals surface area contributed by atoms with Crippen molar-refractivity contribution in [3.63, 3.8) is 0 Å². The Morgan fingerprint density at radius 3 is 2.76 bits per heavy atom. The van der Waals surface area contributed by atoms with Crippen molar-refractivity contribution in [3.05, 3.63) is 18.1 Å². The molecule has 0 spiro atoms. The lowest BCUT2D eigenvalue weighted by Gasteiger charge is -2.07. The molecular weight excluding hydrogens is 218 g/mol. The first kappa shape index (κ1) is 13.6. The van der Waals surface area contributed by atoms with Gasteiger partial charge in [-0.1, -0.05) is 13.8 Å². The number of nitrogens with one attached hydrogen (secondary N) is 1. The fraction of sp³-hybridized carbons (Fsp3) is 0.583. The van der Waals surface area contributed by atoms with Gasteiger partial charge in [0.15, 0.2) is 11.5 Å². The van der Waals surface area contributed by atoms with Crippen LogP contribution in [-0.2, 0) is 0 Å². The van der Waals surface area contributed by atoms with Crippen molar-refractivity contribution in [3.8, 4) is 5.88 Å². The van der Waals surface area contributed by atoms with Gasteiger partial charge in [-0.05, 0) is 13.0 Å². The molecule has 0 aliphatic heterocycles. The molecule has 94 valence electrons. The summed E-state index contributed by atoms with van der Waals surface area (Å²) >= 11 is 0. The maximum Gasteiger partial charge on any atom is 0.243 e. The Kier molecular flexibility index (Phi) is 5.56. The van der Waals surface area contributed by atoms with E-state index in [2.05, 4.69) is 29.1 Å². The van der Waals surface area contributed by atoms with Gasteiger partial charge in [0, 0.05) is 24.9 Å². The molecule has 0 radical (unpaired) electrons. The highest BCUT2D eigenvalue weighted by Gasteiger charge is 2.13. The van der Waals surface area contributed by atoms with Gasteiger partial charge in [0.2, 0.25) is 5.88 Å². The summed E-state index contributed by atoms with van der Waals surface area (Å²) in [6, 6.07) is 0.441. The molecule has 5 nitrogen and oxygen atoms in total. The van der Waals surface area contributed by atoms with Gasteiger partial charge in [0.25, 0.3) is 0 Å². The molecular formula is C12H19N3O2. The summed E-state index contributed by atoms with van der Waals surface area (Å²) in [5.74, 6) is 0.273. The fourth-order valence-corrected chi connectivity index (χ4v) is 1.42. The molecule has 0 aliphatic rings. The largest absolute Gasteiger partial charge is 0.479 e. The highest BCUT2D eigenvalue weighted by atomic mass is 16.5. The van der Waals surface area contributed by atoms with E-state index in [0.717, 1.165) is 13.0 Å². The maximum absolute atomic E-state index is 11.9. The first-order chi connectivity index (χ1) is 8.15. The Bertz CT molecular complexity index is 367. The molecule has 1 heterocycles. The third-order valence-corrected chi connectivity index (χ3v) is 2.26. The third-order valence-electron chi connectivity index (χ3n) is 2.26. The Morgan fingerprint density at radius 2 is 2.12 bits per heavy atom. The average molecular weight is 237 g/mol. The van der Waals surface area contributed by atoms with Crippen LogP contribution in [0, 0.1) is 0 Å². The van der Waals surface area contributed by atoms with Gasteiger partial charge >= 0.3 is 0 Å². The molecule has 1 N–H and O–H groups in total. The van der Waals surface area contributed by atoms with E-state index in [4.69, 9.17) is 4.74 Å². The van der Waals surface area contributed by atoms with Gasteiger partial charge in [-0.3, -0.25) is 4.79 Å². The molecule has 1 aromatic heterocycles. The van der Waals surface area contributed by atoms with Crippen LogP contribution >= 0.6 is 0 Å². The van der Waals surface area contributed by atoms with E-state index in [1.54, 1.807) is 0 Å². The number of hydrogen-bond donors (Lipinski definition) is 1. The molecule has 0 unspecified atom stereocenters. The van der Waals surface area contributed by atoms with Crippen LogP contribution < -0.4 is 10.1 Å². The van der Waals surface area contributed by atoms with Crippen molar-refractivity contribution in [1.29, 1.82) is 0 Å². The van der Waals surface area contributed by atoms with Crippen LogP contribution in [0.5, 0.6) is 5.88 Å². The minimum Gasteiger partial charge on any atom is -0.479 e. The van der Waals surface area contributed by atoms with Crippen LogP contribution in [0.15, 0.2) is 12.4 Å². The van der Waals surface area contributed by atoms with Crippen molar-refractivity contribution in [2.45, 2.75) is 32.7 Å². The summed E-state index contributed by atoms with van der Waals surface area (Å²) in [7, 11) is 1.49. The number of carbonyl (C=O) groups excluding carboxylic acids is 1. The second kappa shape index (κ2) is 6.96. The van der Waals surface area contributed by atoms with Crippen molar-refractivity contribution < 1.29 is 9.53 Å². The molecule has 0 bridgehead atoms. The lowest BCUT2D eigenvalue weighted by Crippen LogP contribution is -2.24. The lowest BCUT2D eigenvalue weighted by molar-refractivity contribution is 0.0971. The molecule has 5 heteroatoms. The number of methoxy groups -OCH3 is 1. The molecule has 0 saturated heterocycles. The molecule has 1 aromatic rings. The minimum atomic E-state index is -0.0273. The topological polar surface area (TPSA) is 64.1 Å². The van der Waals surface area contributed by atoms with Crippen molar-refractivity contribution in [2.24, 2.45) is 0 Å². The summed E-state index contributed by atoms with van der Waals surface area (Å²) in [5, 5.41) is 3.26. The van der Waals surface area contributed by atoms with E-state index < -0.39 is 0 Å². The number of ether oxygens (including phenoxy) is 1. The monoisotopic (exact) mass is 237 g/mol. The predicted octanol–water partition coefficient (Wildman–Crippen LogP) is 1.45. The van der Waals surface area contributed by atoms with Crippen LogP contribution in [0.3, 0.4) is 0 Å². The van der Waals surface area contributed by atoms with E-state index in [1.165, 1.54) is 19.5 Å². The van der Waals surface area contributed by atoms with Gasteiger partial charge in [-0.2, -0.15) is 0 Å². The van der Waals surface area contributed by atoms with Crippen LogP contribution in [0.25, 0.3) is 0 Å². The number of nitrogens with zero attached hydrogens (tertiary/aromatic N) is 2. The SMILES string of the molecule is COc1nccnc1C(=O)CCCNC(C)C. The Hall–Kier alpha value is -1.49. The summed E-state index contributed by atoms with van der Waals surface area (Å²) in [4.78, 5) is 19.8. The fourth-order valence-electron chi connectivity index (χ4n) is 1.42. The quantitative estimate of drug-likeness (QED) is 0.574. The molecule has 0 saturated carbocycles. The number of rotatable bonds is 7. The van der Waals surface area contributed by atoms with Crippen molar-refractivity contribution >= 4 is 5.78 Å². The molecule has 0 atom stereocenters. The van der Waals surface area contributed by atoms with Crippen LogP contribution in [-0.4, -0.2) is 35.4 Å². The Balaban J connectivity index is 2.47. The number of ketones is 1. The number of carbonyl (C=O) groups is 1. The number of Topliss-reactive ketones (excluding diaryl/α,β-unsaturated/α-hetero) is 1. The summed E-state index contributed by atoms with van der Waals surface area (Å²) in [5.41, 5.74) is 0.319.